The highest BCUT2D eigenvalue weighted by atomic mass is 19.1. The predicted molar refractivity (Wildman–Crippen MR) is 53.1 cm³/mol. The number of H-pyrrole nitrogens is 1. The maximum atomic E-state index is 13.7. The molecule has 15 heavy (non-hydrogen) atoms. The number of nitrogen functional groups attached to an aromatic ring is 1. The summed E-state index contributed by atoms with van der Waals surface area (Å²) in [6.45, 7) is 1.56. The molecule has 0 saturated carbocycles. The molecule has 0 saturated heterocycles. The van der Waals surface area contributed by atoms with Crippen LogP contribution in [0, 0.1) is 18.6 Å². The zero-order valence-electron chi connectivity index (χ0n) is 8.01. The molecule has 0 atom stereocenters. The van der Waals surface area contributed by atoms with Crippen LogP contribution in [-0.2, 0) is 0 Å². The Kier molecular flexibility index (Phi) is 2.15. The molecule has 0 aliphatic rings. The Bertz CT molecular complexity index is 505. The average Bonchev–Trinajstić information content (AvgIpc) is 2.60. The largest absolute Gasteiger partial charge is 0.384 e. The summed E-state index contributed by atoms with van der Waals surface area (Å²) < 4.78 is 27.1. The van der Waals surface area contributed by atoms with Crippen molar-refractivity contribution in [2.45, 2.75) is 6.92 Å². The topological polar surface area (TPSA) is 54.7 Å². The van der Waals surface area contributed by atoms with Gasteiger partial charge in [-0.1, -0.05) is 6.07 Å². The van der Waals surface area contributed by atoms with Gasteiger partial charge in [-0.3, -0.25) is 5.10 Å². The lowest BCUT2D eigenvalue weighted by molar-refractivity contribution is 0.584. The van der Waals surface area contributed by atoms with E-state index in [2.05, 4.69) is 10.2 Å². The molecule has 5 heteroatoms. The number of hydrogen-bond acceptors (Lipinski definition) is 2. The van der Waals surface area contributed by atoms with E-state index in [-0.39, 0.29) is 16.9 Å². The monoisotopic (exact) mass is 209 g/mol. The second kappa shape index (κ2) is 3.34. The number of benzene rings is 1. The summed E-state index contributed by atoms with van der Waals surface area (Å²) in [5.41, 5.74) is 5.98. The summed E-state index contributed by atoms with van der Waals surface area (Å²) in [7, 11) is 0. The zero-order valence-corrected chi connectivity index (χ0v) is 8.01. The van der Waals surface area contributed by atoms with Crippen molar-refractivity contribution in [3.8, 4) is 11.1 Å². The molecule has 0 aliphatic heterocycles. The molecule has 2 aromatic rings. The summed E-state index contributed by atoms with van der Waals surface area (Å²) in [5, 5.41) is 6.06. The molecule has 2 rings (SSSR count). The molecule has 0 amide bonds. The van der Waals surface area contributed by atoms with Gasteiger partial charge in [-0.05, 0) is 18.6 Å². The van der Waals surface area contributed by atoms with Crippen molar-refractivity contribution in [3.05, 3.63) is 35.5 Å². The van der Waals surface area contributed by atoms with Crippen molar-refractivity contribution in [1.82, 2.24) is 10.2 Å². The number of nitrogens with zero attached hydrogens (tertiary/aromatic N) is 1. The van der Waals surface area contributed by atoms with Crippen LogP contribution in [0.3, 0.4) is 0 Å². The Labute approximate surface area is 84.9 Å². The third-order valence-electron chi connectivity index (χ3n) is 2.22. The van der Waals surface area contributed by atoms with Crippen molar-refractivity contribution >= 4 is 5.82 Å². The third kappa shape index (κ3) is 1.45. The highest BCUT2D eigenvalue weighted by molar-refractivity contribution is 5.74. The fourth-order valence-corrected chi connectivity index (χ4v) is 1.40. The molecule has 3 N–H and O–H groups in total. The Morgan fingerprint density at radius 3 is 2.67 bits per heavy atom. The highest BCUT2D eigenvalue weighted by Gasteiger charge is 2.16. The predicted octanol–water partition coefficient (Wildman–Crippen LogP) is 2.25. The number of aromatic nitrogens is 2. The van der Waals surface area contributed by atoms with Crippen molar-refractivity contribution in [2.24, 2.45) is 0 Å². The van der Waals surface area contributed by atoms with Crippen LogP contribution in [0.2, 0.25) is 0 Å². The summed E-state index contributed by atoms with van der Waals surface area (Å²) in [5.74, 6) is -1.10. The first-order valence-corrected chi connectivity index (χ1v) is 4.35. The van der Waals surface area contributed by atoms with Gasteiger partial charge in [0.2, 0.25) is 0 Å². The smallest absolute Gasteiger partial charge is 0.137 e. The van der Waals surface area contributed by atoms with Gasteiger partial charge in [-0.15, -0.1) is 0 Å². The van der Waals surface area contributed by atoms with E-state index < -0.39 is 11.6 Å². The molecule has 3 nitrogen and oxygen atoms in total. The van der Waals surface area contributed by atoms with Crippen LogP contribution < -0.4 is 5.73 Å². The minimum atomic E-state index is -0.647. The van der Waals surface area contributed by atoms with Gasteiger partial charge in [0.05, 0.1) is 11.8 Å². The molecule has 1 aromatic heterocycles. The summed E-state index contributed by atoms with van der Waals surface area (Å²) in [4.78, 5) is 0. The van der Waals surface area contributed by atoms with Gasteiger partial charge in [0.1, 0.15) is 17.5 Å². The van der Waals surface area contributed by atoms with Gasteiger partial charge in [0, 0.05) is 5.56 Å². The lowest BCUT2D eigenvalue weighted by Crippen LogP contribution is -1.95. The van der Waals surface area contributed by atoms with Crippen LogP contribution in [0.4, 0.5) is 14.6 Å². The van der Waals surface area contributed by atoms with Gasteiger partial charge >= 0.3 is 0 Å². The minimum Gasteiger partial charge on any atom is -0.384 e. The van der Waals surface area contributed by atoms with Crippen molar-refractivity contribution < 1.29 is 8.78 Å². The number of hydrogen-bond donors (Lipinski definition) is 2. The van der Waals surface area contributed by atoms with E-state index in [1.165, 1.54) is 18.3 Å². The number of nitrogens with two attached hydrogens (primary N) is 1. The van der Waals surface area contributed by atoms with E-state index in [0.717, 1.165) is 0 Å². The Balaban J connectivity index is 2.72. The molecule has 0 unspecified atom stereocenters. The number of aryl methyl sites for hydroxylation is 1. The number of halogens is 2. The van der Waals surface area contributed by atoms with Crippen molar-refractivity contribution in [1.29, 1.82) is 0 Å². The normalized spacial score (nSPS) is 10.6. The van der Waals surface area contributed by atoms with Gasteiger partial charge in [0.25, 0.3) is 0 Å². The lowest BCUT2D eigenvalue weighted by atomic mass is 10.0. The first-order valence-electron chi connectivity index (χ1n) is 4.35. The van der Waals surface area contributed by atoms with Gasteiger partial charge in [-0.2, -0.15) is 5.10 Å². The van der Waals surface area contributed by atoms with E-state index in [9.17, 15) is 8.78 Å². The van der Waals surface area contributed by atoms with E-state index in [1.807, 2.05) is 0 Å². The minimum absolute atomic E-state index is 0.138. The van der Waals surface area contributed by atoms with Crippen LogP contribution in [0.15, 0.2) is 18.3 Å². The lowest BCUT2D eigenvalue weighted by Gasteiger charge is -2.05. The Hall–Kier alpha value is -1.91. The van der Waals surface area contributed by atoms with Crippen LogP contribution in [0.1, 0.15) is 5.56 Å². The summed E-state index contributed by atoms with van der Waals surface area (Å²) in [6, 6.07) is 2.59. The Morgan fingerprint density at radius 1 is 1.33 bits per heavy atom. The summed E-state index contributed by atoms with van der Waals surface area (Å²) in [6.07, 6.45) is 1.30. The van der Waals surface area contributed by atoms with E-state index in [0.29, 0.717) is 5.56 Å². The van der Waals surface area contributed by atoms with Crippen LogP contribution in [0.25, 0.3) is 11.1 Å². The Morgan fingerprint density at radius 2 is 2.07 bits per heavy atom. The number of rotatable bonds is 1. The molecule has 1 aromatic carbocycles. The maximum absolute atomic E-state index is 13.7. The molecule has 0 radical (unpaired) electrons. The van der Waals surface area contributed by atoms with Crippen molar-refractivity contribution in [3.63, 3.8) is 0 Å². The number of aromatic amines is 1. The average molecular weight is 209 g/mol. The molecule has 1 heterocycles. The highest BCUT2D eigenvalue weighted by Crippen LogP contribution is 2.30. The first-order chi connectivity index (χ1) is 7.11. The summed E-state index contributed by atoms with van der Waals surface area (Å²) >= 11 is 0. The SMILES string of the molecule is Cc1ccc(F)c(-c2cn[nH]c2N)c1F. The van der Waals surface area contributed by atoms with E-state index >= 15 is 0 Å². The quantitative estimate of drug-likeness (QED) is 0.756. The molecule has 78 valence electrons. The van der Waals surface area contributed by atoms with Crippen LogP contribution >= 0.6 is 0 Å². The van der Waals surface area contributed by atoms with Gasteiger partial charge in [0.15, 0.2) is 0 Å². The van der Waals surface area contributed by atoms with Gasteiger partial charge < -0.3 is 5.73 Å². The first kappa shape index (κ1) is 9.64. The molecule has 0 aliphatic carbocycles. The standard InChI is InChI=1S/C10H9F2N3/c1-5-2-3-7(11)8(9(5)12)6-4-14-15-10(6)13/h2-4H,1H3,(H3,13,14,15). The molecular formula is C10H9F2N3. The number of nitrogens with one attached hydrogen (secondary N) is 1. The van der Waals surface area contributed by atoms with Crippen molar-refractivity contribution in [2.75, 3.05) is 5.73 Å². The zero-order chi connectivity index (χ0) is 11.0. The van der Waals surface area contributed by atoms with E-state index in [4.69, 9.17) is 5.73 Å². The molecule has 0 fully saturated rings. The van der Waals surface area contributed by atoms with E-state index in [1.54, 1.807) is 6.92 Å². The molecular weight excluding hydrogens is 200 g/mol. The van der Waals surface area contributed by atoms with Gasteiger partial charge in [-0.25, -0.2) is 8.78 Å². The molecule has 0 spiro atoms. The fraction of sp³-hybridized carbons (Fsp3) is 0.100. The third-order valence-corrected chi connectivity index (χ3v) is 2.22. The second-order valence-electron chi connectivity index (χ2n) is 3.25. The maximum Gasteiger partial charge on any atom is 0.137 e. The van der Waals surface area contributed by atoms with Crippen LogP contribution in [-0.4, -0.2) is 10.2 Å². The second-order valence-corrected chi connectivity index (χ2v) is 3.25. The molecule has 0 bridgehead atoms. The fourth-order valence-electron chi connectivity index (χ4n) is 1.40. The number of anilines is 1. The van der Waals surface area contributed by atoms with Crippen LogP contribution in [0.5, 0.6) is 0 Å².